The van der Waals surface area contributed by atoms with E-state index < -0.39 is 0 Å². The number of hydrogen-bond donors (Lipinski definition) is 3. The molecule has 3 N–H and O–H groups in total. The molecule has 0 saturated carbocycles. The van der Waals surface area contributed by atoms with Gasteiger partial charge in [-0.3, -0.25) is 4.79 Å². The number of nitrogens with one attached hydrogen (secondary N) is 3. The predicted molar refractivity (Wildman–Crippen MR) is 103 cm³/mol. The number of rotatable bonds is 8. The van der Waals surface area contributed by atoms with Crippen LogP contribution in [0.25, 0.3) is 0 Å². The highest BCUT2D eigenvalue weighted by molar-refractivity contribution is 5.78. The zero-order valence-corrected chi connectivity index (χ0v) is 15.7. The van der Waals surface area contributed by atoms with E-state index in [1.807, 2.05) is 44.2 Å². The SMILES string of the molecule is CC(C)C(NC(=O)CCNC(=O)NCc1ccccc1)c1ccc(F)cc1. The quantitative estimate of drug-likeness (QED) is 0.664. The van der Waals surface area contributed by atoms with Gasteiger partial charge in [-0.25, -0.2) is 9.18 Å². The van der Waals surface area contributed by atoms with Crippen molar-refractivity contribution in [3.05, 3.63) is 71.5 Å². The van der Waals surface area contributed by atoms with Gasteiger partial charge in [0.2, 0.25) is 5.91 Å². The van der Waals surface area contributed by atoms with Gasteiger partial charge < -0.3 is 16.0 Å². The van der Waals surface area contributed by atoms with Gasteiger partial charge in [-0.2, -0.15) is 0 Å². The molecule has 3 amide bonds. The summed E-state index contributed by atoms with van der Waals surface area (Å²) in [6.45, 7) is 4.65. The molecular weight excluding hydrogens is 345 g/mol. The number of benzene rings is 2. The molecule has 0 radical (unpaired) electrons. The van der Waals surface area contributed by atoms with E-state index in [1.54, 1.807) is 12.1 Å². The monoisotopic (exact) mass is 371 g/mol. The zero-order chi connectivity index (χ0) is 19.6. The summed E-state index contributed by atoms with van der Waals surface area (Å²) < 4.78 is 13.1. The molecule has 27 heavy (non-hydrogen) atoms. The second-order valence-electron chi connectivity index (χ2n) is 6.69. The molecule has 0 saturated heterocycles. The fraction of sp³-hybridized carbons (Fsp3) is 0.333. The summed E-state index contributed by atoms with van der Waals surface area (Å²) in [7, 11) is 0. The lowest BCUT2D eigenvalue weighted by Crippen LogP contribution is -2.38. The van der Waals surface area contributed by atoms with Gasteiger partial charge in [0.1, 0.15) is 5.82 Å². The Bertz CT molecular complexity index is 733. The van der Waals surface area contributed by atoms with Gasteiger partial charge in [-0.15, -0.1) is 0 Å². The van der Waals surface area contributed by atoms with E-state index in [1.165, 1.54) is 12.1 Å². The van der Waals surface area contributed by atoms with Crippen LogP contribution < -0.4 is 16.0 Å². The molecule has 0 bridgehead atoms. The predicted octanol–water partition coefficient (Wildman–Crippen LogP) is 3.53. The summed E-state index contributed by atoms with van der Waals surface area (Å²) in [4.78, 5) is 24.0. The first kappa shape index (κ1) is 20.4. The minimum Gasteiger partial charge on any atom is -0.349 e. The molecule has 0 aromatic heterocycles. The molecule has 0 aliphatic carbocycles. The third-order valence-corrected chi connectivity index (χ3v) is 4.15. The summed E-state index contributed by atoms with van der Waals surface area (Å²) >= 11 is 0. The molecule has 5 nitrogen and oxygen atoms in total. The van der Waals surface area contributed by atoms with E-state index in [4.69, 9.17) is 0 Å². The number of hydrogen-bond acceptors (Lipinski definition) is 2. The Hall–Kier alpha value is -2.89. The topological polar surface area (TPSA) is 70.2 Å². The van der Waals surface area contributed by atoms with Gasteiger partial charge in [-0.1, -0.05) is 56.3 Å². The number of urea groups is 1. The molecule has 1 atom stereocenters. The fourth-order valence-electron chi connectivity index (χ4n) is 2.68. The van der Waals surface area contributed by atoms with Gasteiger partial charge in [0.05, 0.1) is 6.04 Å². The molecule has 2 rings (SSSR count). The van der Waals surface area contributed by atoms with Crippen molar-refractivity contribution in [3.63, 3.8) is 0 Å². The molecule has 0 fully saturated rings. The van der Waals surface area contributed by atoms with E-state index in [2.05, 4.69) is 16.0 Å². The van der Waals surface area contributed by atoms with E-state index >= 15 is 0 Å². The van der Waals surface area contributed by atoms with E-state index in [0.29, 0.717) is 6.54 Å². The van der Waals surface area contributed by atoms with Gasteiger partial charge in [0.15, 0.2) is 0 Å². The standard InChI is InChI=1S/C21H26FN3O2/c1-15(2)20(17-8-10-18(22)11-9-17)25-19(26)12-13-23-21(27)24-14-16-6-4-3-5-7-16/h3-11,15,20H,12-14H2,1-2H3,(H,25,26)(H2,23,24,27). The molecule has 1 unspecified atom stereocenters. The van der Waals surface area contributed by atoms with Crippen molar-refractivity contribution < 1.29 is 14.0 Å². The summed E-state index contributed by atoms with van der Waals surface area (Å²) in [6.07, 6.45) is 0.170. The maximum absolute atomic E-state index is 13.1. The summed E-state index contributed by atoms with van der Waals surface area (Å²) in [5.41, 5.74) is 1.86. The molecule has 2 aromatic carbocycles. The summed E-state index contributed by atoms with van der Waals surface area (Å²) in [6, 6.07) is 15.2. The minimum absolute atomic E-state index is 0.154. The van der Waals surface area contributed by atoms with Crippen LogP contribution in [0.4, 0.5) is 9.18 Å². The maximum atomic E-state index is 13.1. The smallest absolute Gasteiger partial charge is 0.315 e. The van der Waals surface area contributed by atoms with Crippen molar-refractivity contribution in [2.45, 2.75) is 32.9 Å². The van der Waals surface area contributed by atoms with E-state index in [9.17, 15) is 14.0 Å². The van der Waals surface area contributed by atoms with Crippen molar-refractivity contribution in [2.75, 3.05) is 6.54 Å². The third kappa shape index (κ3) is 7.09. The second-order valence-corrected chi connectivity index (χ2v) is 6.69. The van der Waals surface area contributed by atoms with Gasteiger partial charge in [0, 0.05) is 19.5 Å². The Kier molecular flexibility index (Phi) is 7.79. The highest BCUT2D eigenvalue weighted by Crippen LogP contribution is 2.21. The van der Waals surface area contributed by atoms with E-state index in [0.717, 1.165) is 11.1 Å². The third-order valence-electron chi connectivity index (χ3n) is 4.15. The molecule has 0 aliphatic heterocycles. The normalized spacial score (nSPS) is 11.7. The van der Waals surface area contributed by atoms with Crippen LogP contribution >= 0.6 is 0 Å². The van der Waals surface area contributed by atoms with Crippen LogP contribution in [0.2, 0.25) is 0 Å². The van der Waals surface area contributed by atoms with Crippen LogP contribution in [-0.4, -0.2) is 18.5 Å². The Morgan fingerprint density at radius 1 is 0.963 bits per heavy atom. The molecule has 144 valence electrons. The number of amides is 3. The first-order chi connectivity index (χ1) is 13.0. The maximum Gasteiger partial charge on any atom is 0.315 e. The van der Waals surface area contributed by atoms with Crippen LogP contribution in [-0.2, 0) is 11.3 Å². The van der Waals surface area contributed by atoms with Crippen molar-refractivity contribution in [1.29, 1.82) is 0 Å². The van der Waals surface area contributed by atoms with Crippen LogP contribution in [0, 0.1) is 11.7 Å². The van der Waals surface area contributed by atoms with Gasteiger partial charge in [-0.05, 0) is 29.2 Å². The molecule has 6 heteroatoms. The van der Waals surface area contributed by atoms with Crippen LogP contribution in [0.1, 0.15) is 37.4 Å². The molecule has 0 aliphatic rings. The molecule has 0 spiro atoms. The van der Waals surface area contributed by atoms with Gasteiger partial charge in [0.25, 0.3) is 0 Å². The lowest BCUT2D eigenvalue weighted by atomic mass is 9.96. The Balaban J connectivity index is 1.74. The van der Waals surface area contributed by atoms with Gasteiger partial charge >= 0.3 is 6.03 Å². The average Bonchev–Trinajstić information content (AvgIpc) is 2.66. The van der Waals surface area contributed by atoms with Crippen LogP contribution in [0.5, 0.6) is 0 Å². The lowest BCUT2D eigenvalue weighted by Gasteiger charge is -2.23. The molecule has 0 heterocycles. The lowest BCUT2D eigenvalue weighted by molar-refractivity contribution is -0.122. The highest BCUT2D eigenvalue weighted by Gasteiger charge is 2.18. The largest absolute Gasteiger partial charge is 0.349 e. The van der Waals surface area contributed by atoms with Crippen LogP contribution in [0.3, 0.4) is 0 Å². The minimum atomic E-state index is -0.314. The van der Waals surface area contributed by atoms with Crippen LogP contribution in [0.15, 0.2) is 54.6 Å². The highest BCUT2D eigenvalue weighted by atomic mass is 19.1. The Morgan fingerprint density at radius 3 is 2.26 bits per heavy atom. The van der Waals surface area contributed by atoms with Crippen molar-refractivity contribution in [2.24, 2.45) is 5.92 Å². The number of carbonyl (C=O) groups excluding carboxylic acids is 2. The average molecular weight is 371 g/mol. The first-order valence-electron chi connectivity index (χ1n) is 9.06. The first-order valence-corrected chi connectivity index (χ1v) is 9.06. The summed E-state index contributed by atoms with van der Waals surface area (Å²) in [5.74, 6) is -0.318. The second kappa shape index (κ2) is 10.3. The zero-order valence-electron chi connectivity index (χ0n) is 15.7. The summed E-state index contributed by atoms with van der Waals surface area (Å²) in [5, 5.41) is 8.37. The van der Waals surface area contributed by atoms with Crippen molar-refractivity contribution in [1.82, 2.24) is 16.0 Å². The fourth-order valence-corrected chi connectivity index (χ4v) is 2.68. The Labute approximate surface area is 159 Å². The Morgan fingerprint density at radius 2 is 1.63 bits per heavy atom. The van der Waals surface area contributed by atoms with E-state index in [-0.39, 0.29) is 42.7 Å². The molecular formula is C21H26FN3O2. The molecule has 2 aromatic rings. The van der Waals surface area contributed by atoms with Crippen molar-refractivity contribution in [3.8, 4) is 0 Å². The number of carbonyl (C=O) groups is 2. The number of halogens is 1. The van der Waals surface area contributed by atoms with Crippen molar-refractivity contribution >= 4 is 11.9 Å².